The fourth-order valence-electron chi connectivity index (χ4n) is 2.65. The van der Waals surface area contributed by atoms with Crippen LogP contribution in [0.5, 0.6) is 0 Å². The molecule has 0 N–H and O–H groups in total. The van der Waals surface area contributed by atoms with Gasteiger partial charge in [0.1, 0.15) is 5.82 Å². The van der Waals surface area contributed by atoms with Crippen molar-refractivity contribution in [1.29, 1.82) is 0 Å². The summed E-state index contributed by atoms with van der Waals surface area (Å²) in [4.78, 5) is 27.4. The molecule has 7 nitrogen and oxygen atoms in total. The molecule has 1 aromatic carbocycles. The SMILES string of the molecule is Cc1cc(C(=O)OCC(=O)N2CCN(c3ccccc3F)CC2)on1. The number of benzene rings is 1. The first-order chi connectivity index (χ1) is 12.0. The van der Waals surface area contributed by atoms with Gasteiger partial charge in [0, 0.05) is 32.2 Å². The Morgan fingerprint density at radius 2 is 1.96 bits per heavy atom. The van der Waals surface area contributed by atoms with Crippen LogP contribution in [0.1, 0.15) is 16.2 Å². The molecular weight excluding hydrogens is 329 g/mol. The molecule has 1 aliphatic heterocycles. The third-order valence-corrected chi connectivity index (χ3v) is 3.98. The maximum Gasteiger partial charge on any atom is 0.377 e. The zero-order chi connectivity index (χ0) is 17.8. The number of carbonyl (C=O) groups is 2. The monoisotopic (exact) mass is 347 g/mol. The van der Waals surface area contributed by atoms with E-state index < -0.39 is 5.97 Å². The molecule has 0 bridgehead atoms. The summed E-state index contributed by atoms with van der Waals surface area (Å²) in [5.41, 5.74) is 1.09. The molecule has 132 valence electrons. The average molecular weight is 347 g/mol. The molecule has 0 spiro atoms. The largest absolute Gasteiger partial charge is 0.450 e. The normalized spacial score (nSPS) is 14.5. The third kappa shape index (κ3) is 3.96. The van der Waals surface area contributed by atoms with Crippen LogP contribution in [0.4, 0.5) is 10.1 Å². The lowest BCUT2D eigenvalue weighted by Gasteiger charge is -2.36. The second kappa shape index (κ2) is 7.33. The lowest BCUT2D eigenvalue weighted by atomic mass is 10.2. The van der Waals surface area contributed by atoms with E-state index in [9.17, 15) is 14.0 Å². The number of ether oxygens (including phenoxy) is 1. The minimum Gasteiger partial charge on any atom is -0.450 e. The number of rotatable bonds is 4. The lowest BCUT2D eigenvalue weighted by molar-refractivity contribution is -0.134. The summed E-state index contributed by atoms with van der Waals surface area (Å²) in [5, 5.41) is 3.59. The van der Waals surface area contributed by atoms with Gasteiger partial charge in [-0.3, -0.25) is 4.79 Å². The summed E-state index contributed by atoms with van der Waals surface area (Å²) in [5.74, 6) is -1.33. The molecule has 2 heterocycles. The van der Waals surface area contributed by atoms with Gasteiger partial charge >= 0.3 is 5.97 Å². The highest BCUT2D eigenvalue weighted by Crippen LogP contribution is 2.20. The van der Waals surface area contributed by atoms with Gasteiger partial charge in [-0.05, 0) is 19.1 Å². The van der Waals surface area contributed by atoms with Crippen molar-refractivity contribution in [3.05, 3.63) is 47.6 Å². The van der Waals surface area contributed by atoms with Crippen LogP contribution in [0, 0.1) is 12.7 Å². The van der Waals surface area contributed by atoms with Crippen LogP contribution in [0.15, 0.2) is 34.9 Å². The Hall–Kier alpha value is -2.90. The smallest absolute Gasteiger partial charge is 0.377 e. The predicted molar refractivity (Wildman–Crippen MR) is 86.7 cm³/mol. The summed E-state index contributed by atoms with van der Waals surface area (Å²) >= 11 is 0. The maximum atomic E-state index is 13.8. The number of para-hydroxylation sites is 1. The number of aromatic nitrogens is 1. The molecule has 1 aliphatic rings. The van der Waals surface area contributed by atoms with Crippen molar-refractivity contribution in [2.45, 2.75) is 6.92 Å². The predicted octanol–water partition coefficient (Wildman–Crippen LogP) is 1.63. The number of hydrogen-bond donors (Lipinski definition) is 0. The Balaban J connectivity index is 1.48. The molecule has 1 fully saturated rings. The van der Waals surface area contributed by atoms with Crippen LogP contribution >= 0.6 is 0 Å². The second-order valence-corrected chi connectivity index (χ2v) is 5.73. The van der Waals surface area contributed by atoms with E-state index in [1.54, 1.807) is 30.0 Å². The number of esters is 1. The fourth-order valence-corrected chi connectivity index (χ4v) is 2.65. The highest BCUT2D eigenvalue weighted by molar-refractivity contribution is 5.88. The van der Waals surface area contributed by atoms with Crippen LogP contribution < -0.4 is 4.90 Å². The highest BCUT2D eigenvalue weighted by atomic mass is 19.1. The van der Waals surface area contributed by atoms with Gasteiger partial charge < -0.3 is 19.1 Å². The van der Waals surface area contributed by atoms with Gasteiger partial charge in [-0.2, -0.15) is 0 Å². The highest BCUT2D eigenvalue weighted by Gasteiger charge is 2.24. The number of amides is 1. The van der Waals surface area contributed by atoms with Gasteiger partial charge in [0.15, 0.2) is 6.61 Å². The van der Waals surface area contributed by atoms with Gasteiger partial charge in [0.2, 0.25) is 5.76 Å². The Morgan fingerprint density at radius 3 is 2.60 bits per heavy atom. The minimum atomic E-state index is -0.723. The first kappa shape index (κ1) is 16.9. The molecule has 25 heavy (non-hydrogen) atoms. The van der Waals surface area contributed by atoms with Crippen molar-refractivity contribution in [2.75, 3.05) is 37.7 Å². The maximum absolute atomic E-state index is 13.8. The molecule has 8 heteroatoms. The van der Waals surface area contributed by atoms with Crippen molar-refractivity contribution in [3.8, 4) is 0 Å². The van der Waals surface area contributed by atoms with Gasteiger partial charge in [-0.1, -0.05) is 17.3 Å². The van der Waals surface area contributed by atoms with E-state index in [0.717, 1.165) is 0 Å². The van der Waals surface area contributed by atoms with Crippen molar-refractivity contribution in [3.63, 3.8) is 0 Å². The molecule has 0 saturated carbocycles. The van der Waals surface area contributed by atoms with Gasteiger partial charge in [0.05, 0.1) is 11.4 Å². The van der Waals surface area contributed by atoms with Crippen molar-refractivity contribution >= 4 is 17.6 Å². The van der Waals surface area contributed by atoms with E-state index >= 15 is 0 Å². The standard InChI is InChI=1S/C17H18FN3O4/c1-12-10-15(25-19-12)17(23)24-11-16(22)21-8-6-20(7-9-21)14-5-3-2-4-13(14)18/h2-5,10H,6-9,11H2,1H3. The zero-order valence-corrected chi connectivity index (χ0v) is 13.8. The van der Waals surface area contributed by atoms with Crippen LogP contribution in [-0.4, -0.2) is 54.7 Å². The number of piperazine rings is 1. The lowest BCUT2D eigenvalue weighted by Crippen LogP contribution is -2.50. The molecule has 1 aromatic heterocycles. The molecular formula is C17H18FN3O4. The summed E-state index contributed by atoms with van der Waals surface area (Å²) in [6.45, 7) is 3.22. The zero-order valence-electron chi connectivity index (χ0n) is 13.8. The Labute approximate surface area is 143 Å². The molecule has 0 aliphatic carbocycles. The quantitative estimate of drug-likeness (QED) is 0.783. The number of nitrogens with zero attached hydrogens (tertiary/aromatic N) is 3. The van der Waals surface area contributed by atoms with E-state index in [1.165, 1.54) is 12.1 Å². The first-order valence-corrected chi connectivity index (χ1v) is 7.92. The minimum absolute atomic E-state index is 0.0327. The fraction of sp³-hybridized carbons (Fsp3) is 0.353. The number of hydrogen-bond acceptors (Lipinski definition) is 6. The van der Waals surface area contributed by atoms with Gasteiger partial charge in [-0.15, -0.1) is 0 Å². The summed E-state index contributed by atoms with van der Waals surface area (Å²) in [7, 11) is 0. The summed E-state index contributed by atoms with van der Waals surface area (Å²) in [6, 6.07) is 8.00. The van der Waals surface area contributed by atoms with Crippen molar-refractivity contribution in [1.82, 2.24) is 10.1 Å². The van der Waals surface area contributed by atoms with E-state index in [4.69, 9.17) is 9.26 Å². The van der Waals surface area contributed by atoms with Crippen LogP contribution in [0.2, 0.25) is 0 Å². The van der Waals surface area contributed by atoms with E-state index in [1.807, 2.05) is 4.90 Å². The molecule has 0 unspecified atom stereocenters. The molecule has 1 saturated heterocycles. The first-order valence-electron chi connectivity index (χ1n) is 7.92. The van der Waals surface area contributed by atoms with Crippen LogP contribution in [0.3, 0.4) is 0 Å². The third-order valence-electron chi connectivity index (χ3n) is 3.98. The molecule has 3 rings (SSSR count). The van der Waals surface area contributed by atoms with Gasteiger partial charge in [0.25, 0.3) is 5.91 Å². The van der Waals surface area contributed by atoms with E-state index in [0.29, 0.717) is 37.6 Å². The second-order valence-electron chi connectivity index (χ2n) is 5.73. The molecule has 0 atom stereocenters. The average Bonchev–Trinajstić information content (AvgIpc) is 3.06. The number of aryl methyl sites for hydroxylation is 1. The molecule has 0 radical (unpaired) electrons. The Kier molecular flexibility index (Phi) is 4.97. The van der Waals surface area contributed by atoms with Crippen molar-refractivity contribution < 1.29 is 23.2 Å². The number of halogens is 1. The number of anilines is 1. The van der Waals surface area contributed by atoms with Gasteiger partial charge in [-0.25, -0.2) is 9.18 Å². The van der Waals surface area contributed by atoms with E-state index in [2.05, 4.69) is 5.16 Å². The summed E-state index contributed by atoms with van der Waals surface area (Å²) < 4.78 is 23.5. The Bertz CT molecular complexity index is 769. The molecule has 1 amide bonds. The van der Waals surface area contributed by atoms with Crippen molar-refractivity contribution in [2.24, 2.45) is 0 Å². The topological polar surface area (TPSA) is 75.9 Å². The number of carbonyl (C=O) groups excluding carboxylic acids is 2. The van der Waals surface area contributed by atoms with Crippen LogP contribution in [0.25, 0.3) is 0 Å². The summed E-state index contributed by atoms with van der Waals surface area (Å²) in [6.07, 6.45) is 0. The molecule has 2 aromatic rings. The van der Waals surface area contributed by atoms with E-state index in [-0.39, 0.29) is 24.1 Å². The van der Waals surface area contributed by atoms with Crippen LogP contribution in [-0.2, 0) is 9.53 Å². The Morgan fingerprint density at radius 1 is 1.24 bits per heavy atom.